The van der Waals surface area contributed by atoms with Gasteiger partial charge in [-0.25, -0.2) is 0 Å². The first kappa shape index (κ1) is 22.0. The van der Waals surface area contributed by atoms with Gasteiger partial charge in [-0.05, 0) is 53.6 Å². The minimum absolute atomic E-state index is 0.0225. The minimum Gasteiger partial charge on any atom is -0.504 e. The van der Waals surface area contributed by atoms with Crippen LogP contribution in [-0.2, 0) is 14.9 Å². The van der Waals surface area contributed by atoms with E-state index < -0.39 is 26.4 Å². The third kappa shape index (κ3) is 3.77. The van der Waals surface area contributed by atoms with Crippen molar-refractivity contribution in [3.8, 4) is 11.5 Å². The van der Waals surface area contributed by atoms with E-state index in [1.807, 2.05) is 0 Å². The SMILES string of the molecule is O=S(=O)(O)C(c1ccc(Cl)cc1)(c1cc(O)c(O)c(Cl)c1)c1cc(Cl)ccc1Cl. The first-order valence-electron chi connectivity index (χ1n) is 7.89. The summed E-state index contributed by atoms with van der Waals surface area (Å²) in [6, 6.07) is 11.8. The van der Waals surface area contributed by atoms with Gasteiger partial charge in [-0.15, -0.1) is 0 Å². The largest absolute Gasteiger partial charge is 0.504 e. The Balaban J connectivity index is 2.58. The van der Waals surface area contributed by atoms with Crippen LogP contribution in [0.2, 0.25) is 20.1 Å². The van der Waals surface area contributed by atoms with E-state index in [9.17, 15) is 23.2 Å². The molecule has 0 heterocycles. The van der Waals surface area contributed by atoms with Crippen LogP contribution in [0.1, 0.15) is 16.7 Å². The van der Waals surface area contributed by atoms with Gasteiger partial charge in [-0.2, -0.15) is 8.42 Å². The summed E-state index contributed by atoms with van der Waals surface area (Å²) in [5.41, 5.74) is -0.209. The van der Waals surface area contributed by atoms with Crippen LogP contribution in [0.4, 0.5) is 0 Å². The smallest absolute Gasteiger partial charge is 0.283 e. The lowest BCUT2D eigenvalue weighted by atomic mass is 9.83. The zero-order chi connectivity index (χ0) is 21.6. The molecule has 0 bridgehead atoms. The molecule has 1 atom stereocenters. The molecule has 0 amide bonds. The summed E-state index contributed by atoms with van der Waals surface area (Å²) in [7, 11) is -5.02. The van der Waals surface area contributed by atoms with Crippen LogP contribution in [-0.4, -0.2) is 23.2 Å². The van der Waals surface area contributed by atoms with E-state index in [4.69, 9.17) is 46.4 Å². The predicted octanol–water partition coefficient (Wildman–Crippen LogP) is 5.89. The third-order valence-corrected chi connectivity index (χ3v) is 6.97. The molecule has 0 saturated heterocycles. The standard InChI is InChI=1S/C19H12Cl4O5S/c20-12-3-1-10(2-4-12)19(29(26,27)28,14-9-13(21)5-6-15(14)22)11-7-16(23)18(25)17(24)8-11/h1-9,24-25H,(H,26,27,28). The first-order chi connectivity index (χ1) is 13.5. The van der Waals surface area contributed by atoms with E-state index >= 15 is 0 Å². The molecule has 1 unspecified atom stereocenters. The van der Waals surface area contributed by atoms with Crippen molar-refractivity contribution in [1.82, 2.24) is 0 Å². The molecule has 0 saturated carbocycles. The van der Waals surface area contributed by atoms with Gasteiger partial charge < -0.3 is 10.2 Å². The summed E-state index contributed by atoms with van der Waals surface area (Å²) in [6.45, 7) is 0. The van der Waals surface area contributed by atoms with Crippen LogP contribution in [0, 0.1) is 0 Å². The number of halogens is 4. The Kier molecular flexibility index (Phi) is 5.98. The molecule has 5 nitrogen and oxygen atoms in total. The van der Waals surface area contributed by atoms with E-state index in [-0.39, 0.29) is 31.8 Å². The molecule has 3 aromatic rings. The van der Waals surface area contributed by atoms with Crippen molar-refractivity contribution in [3.63, 3.8) is 0 Å². The monoisotopic (exact) mass is 492 g/mol. The second kappa shape index (κ2) is 7.87. The Morgan fingerprint density at radius 2 is 1.31 bits per heavy atom. The number of rotatable bonds is 4. The summed E-state index contributed by atoms with van der Waals surface area (Å²) in [5, 5.41) is 20.0. The van der Waals surface area contributed by atoms with Gasteiger partial charge in [-0.1, -0.05) is 58.5 Å². The fourth-order valence-corrected chi connectivity index (χ4v) is 5.28. The zero-order valence-electron chi connectivity index (χ0n) is 14.3. The van der Waals surface area contributed by atoms with Crippen molar-refractivity contribution in [2.75, 3.05) is 0 Å². The molecule has 10 heteroatoms. The molecule has 0 aliphatic heterocycles. The van der Waals surface area contributed by atoms with Crippen molar-refractivity contribution in [2.24, 2.45) is 0 Å². The van der Waals surface area contributed by atoms with Crippen LogP contribution < -0.4 is 0 Å². The normalized spacial score (nSPS) is 13.8. The van der Waals surface area contributed by atoms with Gasteiger partial charge in [0.1, 0.15) is 0 Å². The first-order valence-corrected chi connectivity index (χ1v) is 10.8. The van der Waals surface area contributed by atoms with Crippen LogP contribution in [0.15, 0.2) is 54.6 Å². The van der Waals surface area contributed by atoms with Gasteiger partial charge >= 0.3 is 0 Å². The summed E-state index contributed by atoms with van der Waals surface area (Å²) in [4.78, 5) is 0. The Morgan fingerprint density at radius 1 is 0.724 bits per heavy atom. The number of hydrogen-bond donors (Lipinski definition) is 3. The molecule has 0 spiro atoms. The highest BCUT2D eigenvalue weighted by Gasteiger charge is 2.50. The average molecular weight is 494 g/mol. The highest BCUT2D eigenvalue weighted by Crippen LogP contribution is 2.49. The van der Waals surface area contributed by atoms with Gasteiger partial charge in [0, 0.05) is 20.6 Å². The van der Waals surface area contributed by atoms with Crippen LogP contribution in [0.3, 0.4) is 0 Å². The molecule has 3 rings (SSSR count). The number of phenolic OH excluding ortho intramolecular Hbond substituents is 2. The van der Waals surface area contributed by atoms with E-state index in [1.165, 1.54) is 42.5 Å². The van der Waals surface area contributed by atoms with E-state index in [0.29, 0.717) is 5.02 Å². The molecule has 29 heavy (non-hydrogen) atoms. The van der Waals surface area contributed by atoms with Crippen LogP contribution in [0.25, 0.3) is 0 Å². The lowest BCUT2D eigenvalue weighted by Gasteiger charge is -2.33. The van der Waals surface area contributed by atoms with E-state index in [2.05, 4.69) is 0 Å². The van der Waals surface area contributed by atoms with Crippen molar-refractivity contribution in [2.45, 2.75) is 4.75 Å². The molecule has 3 aromatic carbocycles. The number of aromatic hydroxyl groups is 2. The Hall–Kier alpha value is -1.67. The fourth-order valence-electron chi connectivity index (χ4n) is 3.15. The second-order valence-electron chi connectivity index (χ2n) is 6.11. The molecular weight excluding hydrogens is 482 g/mol. The molecule has 0 aliphatic carbocycles. The summed E-state index contributed by atoms with van der Waals surface area (Å²) < 4.78 is 34.0. The molecular formula is C19H12Cl4O5S. The van der Waals surface area contributed by atoms with Crippen molar-refractivity contribution >= 4 is 56.5 Å². The quantitative estimate of drug-likeness (QED) is 0.239. The van der Waals surface area contributed by atoms with Crippen molar-refractivity contribution < 1.29 is 23.2 Å². The number of hydrogen-bond acceptors (Lipinski definition) is 4. The number of phenols is 2. The van der Waals surface area contributed by atoms with Gasteiger partial charge in [-0.3, -0.25) is 4.55 Å². The Labute approximate surface area is 186 Å². The highest BCUT2D eigenvalue weighted by atomic mass is 35.5. The summed E-state index contributed by atoms with van der Waals surface area (Å²) in [6.07, 6.45) is 0. The summed E-state index contributed by atoms with van der Waals surface area (Å²) >= 11 is 24.3. The maximum atomic E-state index is 12.9. The lowest BCUT2D eigenvalue weighted by molar-refractivity contribution is 0.402. The van der Waals surface area contributed by atoms with Crippen molar-refractivity contribution in [3.05, 3.63) is 91.4 Å². The lowest BCUT2D eigenvalue weighted by Crippen LogP contribution is -2.38. The fraction of sp³-hybridized carbons (Fsp3) is 0.0526. The highest BCUT2D eigenvalue weighted by molar-refractivity contribution is 7.87. The third-order valence-electron chi connectivity index (χ3n) is 4.40. The molecule has 0 radical (unpaired) electrons. The maximum Gasteiger partial charge on any atom is 0.283 e. The molecule has 152 valence electrons. The molecule has 0 aromatic heterocycles. The van der Waals surface area contributed by atoms with Gasteiger partial charge in [0.15, 0.2) is 16.2 Å². The Morgan fingerprint density at radius 3 is 1.86 bits per heavy atom. The zero-order valence-corrected chi connectivity index (χ0v) is 18.1. The second-order valence-corrected chi connectivity index (χ2v) is 9.36. The molecule has 0 fully saturated rings. The Bertz CT molecular complexity index is 1170. The van der Waals surface area contributed by atoms with Crippen LogP contribution in [0.5, 0.6) is 11.5 Å². The van der Waals surface area contributed by atoms with Crippen molar-refractivity contribution in [1.29, 1.82) is 0 Å². The van der Waals surface area contributed by atoms with E-state index in [1.54, 1.807) is 0 Å². The molecule has 0 aliphatic rings. The van der Waals surface area contributed by atoms with Gasteiger partial charge in [0.25, 0.3) is 10.1 Å². The minimum atomic E-state index is -5.02. The number of benzene rings is 3. The topological polar surface area (TPSA) is 94.8 Å². The maximum absolute atomic E-state index is 12.9. The van der Waals surface area contributed by atoms with Crippen LogP contribution >= 0.6 is 46.4 Å². The van der Waals surface area contributed by atoms with Gasteiger partial charge in [0.2, 0.25) is 0 Å². The van der Waals surface area contributed by atoms with Gasteiger partial charge in [0.05, 0.1) is 5.02 Å². The average Bonchev–Trinajstić information content (AvgIpc) is 2.63. The molecule has 3 N–H and O–H groups in total. The predicted molar refractivity (Wildman–Crippen MR) is 114 cm³/mol. The summed E-state index contributed by atoms with van der Waals surface area (Å²) in [5.74, 6) is -1.33. The van der Waals surface area contributed by atoms with E-state index in [0.717, 1.165) is 12.1 Å².